The van der Waals surface area contributed by atoms with Gasteiger partial charge in [-0.3, -0.25) is 4.90 Å². The zero-order valence-corrected chi connectivity index (χ0v) is 12.6. The van der Waals surface area contributed by atoms with E-state index in [4.69, 9.17) is 11.6 Å². The maximum atomic E-state index is 10.3. The fraction of sp³-hybridized carbons (Fsp3) is 0.625. The Morgan fingerprint density at radius 1 is 1.30 bits per heavy atom. The van der Waals surface area contributed by atoms with Crippen molar-refractivity contribution in [2.24, 2.45) is 0 Å². The number of halogens is 1. The predicted octanol–water partition coefficient (Wildman–Crippen LogP) is 2.54. The third kappa shape index (κ3) is 3.34. The molecule has 110 valence electrons. The molecule has 0 radical (unpaired) electrons. The van der Waals surface area contributed by atoms with Crippen molar-refractivity contribution in [1.82, 2.24) is 9.80 Å². The van der Waals surface area contributed by atoms with Gasteiger partial charge in [-0.05, 0) is 43.5 Å². The van der Waals surface area contributed by atoms with Crippen LogP contribution in [-0.2, 0) is 0 Å². The van der Waals surface area contributed by atoms with Crippen molar-refractivity contribution < 1.29 is 5.11 Å². The highest BCUT2D eigenvalue weighted by Gasteiger charge is 2.30. The Morgan fingerprint density at radius 3 is 3.05 bits per heavy atom. The number of piperazine rings is 1. The summed E-state index contributed by atoms with van der Waals surface area (Å²) >= 11 is 5.97. The number of nitrogens with zero attached hydrogens (tertiary/aromatic N) is 2. The lowest BCUT2D eigenvalue weighted by atomic mass is 10.1. The van der Waals surface area contributed by atoms with E-state index in [9.17, 15) is 5.11 Å². The summed E-state index contributed by atoms with van der Waals surface area (Å²) in [5.41, 5.74) is 0.928. The van der Waals surface area contributed by atoms with Crippen LogP contribution in [0.1, 0.15) is 30.9 Å². The molecule has 1 aromatic rings. The van der Waals surface area contributed by atoms with Gasteiger partial charge < -0.3 is 10.0 Å². The number of hydrogen-bond donors (Lipinski definition) is 1. The Bertz CT molecular complexity index is 454. The average Bonchev–Trinajstić information content (AvgIpc) is 2.92. The molecule has 3 rings (SSSR count). The van der Waals surface area contributed by atoms with Crippen LogP contribution in [0.15, 0.2) is 24.3 Å². The van der Waals surface area contributed by atoms with Crippen LogP contribution in [-0.4, -0.2) is 53.7 Å². The Hall–Kier alpha value is -0.610. The standard InChI is InChI=1S/C16H23ClN2O/c17-14-4-1-3-13(11-14)16(20)6-8-18-9-10-19-7-2-5-15(19)12-18/h1,3-4,11,15-16,20H,2,5-10,12H2. The monoisotopic (exact) mass is 294 g/mol. The largest absolute Gasteiger partial charge is 0.388 e. The molecular weight excluding hydrogens is 272 g/mol. The van der Waals surface area contributed by atoms with Crippen LogP contribution in [0.25, 0.3) is 0 Å². The third-order valence-electron chi connectivity index (χ3n) is 4.62. The summed E-state index contributed by atoms with van der Waals surface area (Å²) in [5, 5.41) is 11.0. The van der Waals surface area contributed by atoms with Crippen molar-refractivity contribution in [2.45, 2.75) is 31.4 Å². The number of aliphatic hydroxyl groups is 1. The molecule has 0 aliphatic carbocycles. The van der Waals surface area contributed by atoms with Gasteiger partial charge in [0.05, 0.1) is 6.10 Å². The van der Waals surface area contributed by atoms with Crippen LogP contribution in [0.3, 0.4) is 0 Å². The van der Waals surface area contributed by atoms with E-state index >= 15 is 0 Å². The van der Waals surface area contributed by atoms with E-state index in [0.717, 1.165) is 31.1 Å². The topological polar surface area (TPSA) is 26.7 Å². The highest BCUT2D eigenvalue weighted by atomic mass is 35.5. The summed E-state index contributed by atoms with van der Waals surface area (Å²) in [7, 11) is 0. The molecule has 1 N–H and O–H groups in total. The summed E-state index contributed by atoms with van der Waals surface area (Å²) < 4.78 is 0. The van der Waals surface area contributed by atoms with Gasteiger partial charge in [-0.15, -0.1) is 0 Å². The maximum Gasteiger partial charge on any atom is 0.0802 e. The minimum atomic E-state index is -0.407. The molecule has 0 aromatic heterocycles. The Morgan fingerprint density at radius 2 is 2.20 bits per heavy atom. The summed E-state index contributed by atoms with van der Waals surface area (Å²) in [6, 6.07) is 8.31. The van der Waals surface area contributed by atoms with Crippen molar-refractivity contribution >= 4 is 11.6 Å². The van der Waals surface area contributed by atoms with E-state index in [1.54, 1.807) is 0 Å². The van der Waals surface area contributed by atoms with Crippen molar-refractivity contribution in [1.29, 1.82) is 0 Å². The molecule has 2 saturated heterocycles. The van der Waals surface area contributed by atoms with E-state index in [0.29, 0.717) is 5.02 Å². The molecule has 0 spiro atoms. The van der Waals surface area contributed by atoms with Crippen LogP contribution in [0.4, 0.5) is 0 Å². The van der Waals surface area contributed by atoms with Gasteiger partial charge >= 0.3 is 0 Å². The second-order valence-corrected chi connectivity index (χ2v) is 6.43. The van der Waals surface area contributed by atoms with Gasteiger partial charge in [0.2, 0.25) is 0 Å². The predicted molar refractivity (Wildman–Crippen MR) is 82.1 cm³/mol. The third-order valence-corrected chi connectivity index (χ3v) is 4.86. The second kappa shape index (κ2) is 6.44. The van der Waals surface area contributed by atoms with Gasteiger partial charge in [0.15, 0.2) is 0 Å². The Kier molecular flexibility index (Phi) is 4.61. The lowest BCUT2D eigenvalue weighted by Gasteiger charge is -2.37. The smallest absolute Gasteiger partial charge is 0.0802 e. The minimum absolute atomic E-state index is 0.407. The zero-order valence-electron chi connectivity index (χ0n) is 11.8. The fourth-order valence-corrected chi connectivity index (χ4v) is 3.64. The lowest BCUT2D eigenvalue weighted by molar-refractivity contribution is 0.0835. The van der Waals surface area contributed by atoms with E-state index in [-0.39, 0.29) is 0 Å². The summed E-state index contributed by atoms with van der Waals surface area (Å²) in [6.45, 7) is 5.75. The number of fused-ring (bicyclic) bond motifs is 1. The van der Waals surface area contributed by atoms with Gasteiger partial charge in [-0.25, -0.2) is 0 Å². The van der Waals surface area contributed by atoms with Crippen molar-refractivity contribution in [2.75, 3.05) is 32.7 Å². The van der Waals surface area contributed by atoms with Gasteiger partial charge in [0.1, 0.15) is 0 Å². The SMILES string of the molecule is OC(CCN1CCN2CCCC2C1)c1cccc(Cl)c1. The summed E-state index contributed by atoms with van der Waals surface area (Å²) in [5.74, 6) is 0. The van der Waals surface area contributed by atoms with Crippen LogP contribution in [0, 0.1) is 0 Å². The highest BCUT2D eigenvalue weighted by molar-refractivity contribution is 6.30. The molecule has 0 saturated carbocycles. The molecule has 2 unspecified atom stereocenters. The van der Waals surface area contributed by atoms with Crippen LogP contribution in [0.2, 0.25) is 5.02 Å². The van der Waals surface area contributed by atoms with Crippen LogP contribution < -0.4 is 0 Å². The molecule has 0 bridgehead atoms. The number of rotatable bonds is 4. The number of aliphatic hydroxyl groups excluding tert-OH is 1. The first-order valence-corrected chi connectivity index (χ1v) is 8.00. The quantitative estimate of drug-likeness (QED) is 0.924. The van der Waals surface area contributed by atoms with Gasteiger partial charge in [-0.1, -0.05) is 23.7 Å². The minimum Gasteiger partial charge on any atom is -0.388 e. The van der Waals surface area contributed by atoms with E-state index in [1.807, 2.05) is 24.3 Å². The first kappa shape index (κ1) is 14.3. The molecule has 2 aliphatic heterocycles. The zero-order chi connectivity index (χ0) is 13.9. The normalized spacial score (nSPS) is 25.6. The van der Waals surface area contributed by atoms with Gasteiger partial charge in [0, 0.05) is 37.2 Å². The lowest BCUT2D eigenvalue weighted by Crippen LogP contribution is -2.50. The molecule has 20 heavy (non-hydrogen) atoms. The van der Waals surface area contributed by atoms with Crippen LogP contribution in [0.5, 0.6) is 0 Å². The molecular formula is C16H23ClN2O. The van der Waals surface area contributed by atoms with E-state index in [2.05, 4.69) is 9.80 Å². The summed E-state index contributed by atoms with van der Waals surface area (Å²) in [4.78, 5) is 5.12. The van der Waals surface area contributed by atoms with E-state index in [1.165, 1.54) is 32.5 Å². The molecule has 1 aromatic carbocycles. The Labute approximate surface area is 126 Å². The molecule has 4 heteroatoms. The number of benzene rings is 1. The fourth-order valence-electron chi connectivity index (χ4n) is 3.44. The van der Waals surface area contributed by atoms with Crippen molar-refractivity contribution in [3.8, 4) is 0 Å². The first-order valence-electron chi connectivity index (χ1n) is 7.62. The number of hydrogen-bond acceptors (Lipinski definition) is 3. The Balaban J connectivity index is 1.49. The highest BCUT2D eigenvalue weighted by Crippen LogP contribution is 2.24. The molecule has 2 fully saturated rings. The molecule has 0 amide bonds. The maximum absolute atomic E-state index is 10.3. The van der Waals surface area contributed by atoms with Gasteiger partial charge in [-0.2, -0.15) is 0 Å². The van der Waals surface area contributed by atoms with Crippen molar-refractivity contribution in [3.05, 3.63) is 34.9 Å². The average molecular weight is 295 g/mol. The molecule has 2 atom stereocenters. The summed E-state index contributed by atoms with van der Waals surface area (Å²) in [6.07, 6.45) is 3.07. The van der Waals surface area contributed by atoms with Crippen molar-refractivity contribution in [3.63, 3.8) is 0 Å². The first-order chi connectivity index (χ1) is 9.72. The molecule has 2 heterocycles. The van der Waals surface area contributed by atoms with Crippen LogP contribution >= 0.6 is 11.6 Å². The second-order valence-electron chi connectivity index (χ2n) is 5.99. The van der Waals surface area contributed by atoms with E-state index < -0.39 is 6.10 Å². The molecule has 3 nitrogen and oxygen atoms in total. The van der Waals surface area contributed by atoms with Gasteiger partial charge in [0.25, 0.3) is 0 Å². The molecule has 2 aliphatic rings.